The number of rotatable bonds is 3. The Morgan fingerprint density at radius 1 is 1.47 bits per heavy atom. The van der Waals surface area contributed by atoms with Crippen molar-refractivity contribution in [2.75, 3.05) is 5.75 Å². The van der Waals surface area contributed by atoms with Gasteiger partial charge in [-0.25, -0.2) is 0 Å². The molecular formula is C10H17NO3S. The van der Waals surface area contributed by atoms with Crippen LogP contribution < -0.4 is 5.32 Å². The van der Waals surface area contributed by atoms with Crippen molar-refractivity contribution in [3.63, 3.8) is 0 Å². The summed E-state index contributed by atoms with van der Waals surface area (Å²) in [4.78, 5) is 22.6. The van der Waals surface area contributed by atoms with Crippen molar-refractivity contribution < 1.29 is 14.7 Å². The number of nitrogens with one attached hydrogen (secondary N) is 1. The van der Waals surface area contributed by atoms with Crippen molar-refractivity contribution in [3.8, 4) is 0 Å². The van der Waals surface area contributed by atoms with E-state index in [0.29, 0.717) is 5.25 Å². The Hall–Kier alpha value is -0.710. The Morgan fingerprint density at radius 2 is 2.07 bits per heavy atom. The maximum Gasteiger partial charge on any atom is 0.318 e. The van der Waals surface area contributed by atoms with Crippen molar-refractivity contribution in [2.45, 2.75) is 38.5 Å². The molecule has 0 aromatic heterocycles. The van der Waals surface area contributed by atoms with E-state index in [1.807, 2.05) is 0 Å². The van der Waals surface area contributed by atoms with Gasteiger partial charge in [-0.15, -0.1) is 0 Å². The van der Waals surface area contributed by atoms with Gasteiger partial charge in [0.15, 0.2) is 0 Å². The average Bonchev–Trinajstić information content (AvgIpc) is 2.51. The molecule has 0 aromatic carbocycles. The molecule has 0 radical (unpaired) electrons. The minimum atomic E-state index is -1.34. The summed E-state index contributed by atoms with van der Waals surface area (Å²) in [5.41, 5.74) is -1.34. The van der Waals surface area contributed by atoms with Gasteiger partial charge in [-0.05, 0) is 26.0 Å². The summed E-state index contributed by atoms with van der Waals surface area (Å²) in [5.74, 6) is -0.452. The summed E-state index contributed by atoms with van der Waals surface area (Å²) < 4.78 is 0. The normalized spacial score (nSPS) is 26.3. The Bertz CT molecular complexity index is 278. The monoisotopic (exact) mass is 231 g/mol. The van der Waals surface area contributed by atoms with Gasteiger partial charge in [0.05, 0.1) is 0 Å². The molecule has 1 saturated heterocycles. The van der Waals surface area contributed by atoms with Crippen LogP contribution in [0, 0.1) is 5.41 Å². The van der Waals surface area contributed by atoms with Crippen LogP contribution in [-0.2, 0) is 9.59 Å². The Labute approximate surface area is 93.8 Å². The quantitative estimate of drug-likeness (QED) is 0.714. The second-order valence-corrected chi connectivity index (χ2v) is 5.86. The minimum Gasteiger partial charge on any atom is -0.480 e. The zero-order chi connectivity index (χ0) is 11.6. The van der Waals surface area contributed by atoms with Gasteiger partial charge in [0, 0.05) is 11.3 Å². The second kappa shape index (κ2) is 4.43. The third-order valence-corrected chi connectivity index (χ3v) is 4.12. The first-order chi connectivity index (χ1) is 6.85. The zero-order valence-electron chi connectivity index (χ0n) is 9.24. The number of carboxylic acid groups (broad SMARTS) is 1. The predicted octanol–water partition coefficient (Wildman–Crippen LogP) is 1.11. The summed E-state index contributed by atoms with van der Waals surface area (Å²) in [7, 11) is 0. The van der Waals surface area contributed by atoms with Crippen LogP contribution in [-0.4, -0.2) is 34.0 Å². The number of hydrogen-bond donors (Lipinski definition) is 2. The first-order valence-corrected chi connectivity index (χ1v) is 6.06. The number of carboxylic acids is 1. The fraction of sp³-hybridized carbons (Fsp3) is 0.800. The highest BCUT2D eigenvalue weighted by Crippen LogP contribution is 2.27. The molecule has 2 unspecified atom stereocenters. The molecule has 4 nitrogen and oxygen atoms in total. The molecule has 0 bridgehead atoms. The van der Waals surface area contributed by atoms with Crippen molar-refractivity contribution in [1.82, 2.24) is 5.32 Å². The van der Waals surface area contributed by atoms with E-state index in [9.17, 15) is 9.59 Å². The number of hydrogen-bond acceptors (Lipinski definition) is 3. The predicted molar refractivity (Wildman–Crippen MR) is 59.9 cm³/mol. The van der Waals surface area contributed by atoms with Gasteiger partial charge >= 0.3 is 5.97 Å². The third-order valence-electron chi connectivity index (χ3n) is 2.80. The topological polar surface area (TPSA) is 66.4 Å². The summed E-state index contributed by atoms with van der Waals surface area (Å²) >= 11 is 1.80. The SMILES string of the molecule is CC1SCCC1NC(=O)C(C)(C)C(=O)O. The summed E-state index contributed by atoms with van der Waals surface area (Å²) in [6.45, 7) is 4.91. The zero-order valence-corrected chi connectivity index (χ0v) is 10.1. The molecule has 0 aromatic rings. The molecule has 5 heteroatoms. The first-order valence-electron chi connectivity index (χ1n) is 5.01. The van der Waals surface area contributed by atoms with E-state index in [1.54, 1.807) is 11.8 Å². The summed E-state index contributed by atoms with van der Waals surface area (Å²) in [6.07, 6.45) is 0.924. The van der Waals surface area contributed by atoms with E-state index >= 15 is 0 Å². The number of carbonyl (C=O) groups excluding carboxylic acids is 1. The smallest absolute Gasteiger partial charge is 0.318 e. The molecule has 2 atom stereocenters. The Morgan fingerprint density at radius 3 is 2.47 bits per heavy atom. The lowest BCUT2D eigenvalue weighted by molar-refractivity contribution is -0.153. The van der Waals surface area contributed by atoms with Crippen LogP contribution >= 0.6 is 11.8 Å². The fourth-order valence-corrected chi connectivity index (χ4v) is 2.57. The second-order valence-electron chi connectivity index (χ2n) is 4.37. The molecule has 15 heavy (non-hydrogen) atoms. The fourth-order valence-electron chi connectivity index (χ4n) is 1.37. The van der Waals surface area contributed by atoms with Crippen LogP contribution in [0.15, 0.2) is 0 Å². The number of amides is 1. The number of thioether (sulfide) groups is 1. The van der Waals surface area contributed by atoms with Crippen LogP contribution in [0.2, 0.25) is 0 Å². The van der Waals surface area contributed by atoms with Crippen LogP contribution in [0.5, 0.6) is 0 Å². The van der Waals surface area contributed by atoms with Gasteiger partial charge in [-0.3, -0.25) is 9.59 Å². The van der Waals surface area contributed by atoms with E-state index in [0.717, 1.165) is 12.2 Å². The van der Waals surface area contributed by atoms with E-state index in [2.05, 4.69) is 12.2 Å². The lowest BCUT2D eigenvalue weighted by atomic mass is 9.92. The van der Waals surface area contributed by atoms with E-state index in [-0.39, 0.29) is 6.04 Å². The molecule has 1 heterocycles. The highest BCUT2D eigenvalue weighted by Gasteiger charge is 2.38. The number of carbonyl (C=O) groups is 2. The lowest BCUT2D eigenvalue weighted by Gasteiger charge is -2.23. The molecular weight excluding hydrogens is 214 g/mol. The maximum atomic E-state index is 11.7. The van der Waals surface area contributed by atoms with Crippen LogP contribution in [0.25, 0.3) is 0 Å². The molecule has 0 aliphatic carbocycles. The molecule has 0 saturated carbocycles. The molecule has 1 aliphatic rings. The number of aliphatic carboxylic acids is 1. The van der Waals surface area contributed by atoms with Gasteiger partial charge in [0.25, 0.3) is 0 Å². The van der Waals surface area contributed by atoms with E-state index in [1.165, 1.54) is 13.8 Å². The first kappa shape index (κ1) is 12.4. The highest BCUT2D eigenvalue weighted by atomic mass is 32.2. The van der Waals surface area contributed by atoms with E-state index < -0.39 is 17.3 Å². The highest BCUT2D eigenvalue weighted by molar-refractivity contribution is 8.00. The van der Waals surface area contributed by atoms with Gasteiger partial charge < -0.3 is 10.4 Å². The molecule has 2 N–H and O–H groups in total. The van der Waals surface area contributed by atoms with Crippen LogP contribution in [0.1, 0.15) is 27.2 Å². The van der Waals surface area contributed by atoms with Crippen LogP contribution in [0.4, 0.5) is 0 Å². The Kier molecular flexibility index (Phi) is 3.65. The molecule has 0 spiro atoms. The lowest BCUT2D eigenvalue weighted by Crippen LogP contribution is -2.48. The molecule has 86 valence electrons. The maximum absolute atomic E-state index is 11.7. The van der Waals surface area contributed by atoms with Gasteiger partial charge in [0.1, 0.15) is 5.41 Å². The average molecular weight is 231 g/mol. The minimum absolute atomic E-state index is 0.112. The Balaban J connectivity index is 2.59. The van der Waals surface area contributed by atoms with Gasteiger partial charge in [-0.2, -0.15) is 11.8 Å². The molecule has 1 amide bonds. The summed E-state index contributed by atoms with van der Waals surface area (Å²) in [6, 6.07) is 0.112. The molecule has 1 aliphatic heterocycles. The largest absolute Gasteiger partial charge is 0.480 e. The van der Waals surface area contributed by atoms with Crippen molar-refractivity contribution in [3.05, 3.63) is 0 Å². The molecule has 1 rings (SSSR count). The van der Waals surface area contributed by atoms with Gasteiger partial charge in [-0.1, -0.05) is 6.92 Å². The molecule has 1 fully saturated rings. The summed E-state index contributed by atoms with van der Waals surface area (Å²) in [5, 5.41) is 12.1. The van der Waals surface area contributed by atoms with Crippen molar-refractivity contribution in [1.29, 1.82) is 0 Å². The van der Waals surface area contributed by atoms with Gasteiger partial charge in [0.2, 0.25) is 5.91 Å². The van der Waals surface area contributed by atoms with Crippen molar-refractivity contribution >= 4 is 23.6 Å². The van der Waals surface area contributed by atoms with E-state index in [4.69, 9.17) is 5.11 Å². The third kappa shape index (κ3) is 2.65. The van der Waals surface area contributed by atoms with Crippen LogP contribution in [0.3, 0.4) is 0 Å². The van der Waals surface area contributed by atoms with Crippen molar-refractivity contribution in [2.24, 2.45) is 5.41 Å². The standard InChI is InChI=1S/C10H17NO3S/c1-6-7(4-5-15-6)11-8(12)10(2,3)9(13)14/h6-7H,4-5H2,1-3H3,(H,11,12)(H,13,14).